The van der Waals surface area contributed by atoms with Crippen LogP contribution < -0.4 is 14.4 Å². The summed E-state index contributed by atoms with van der Waals surface area (Å²) in [5.74, 6) is 1.71. The lowest BCUT2D eigenvalue weighted by atomic mass is 10.1. The number of thioether (sulfide) groups is 1. The third-order valence-electron chi connectivity index (χ3n) is 4.89. The van der Waals surface area contributed by atoms with Gasteiger partial charge in [0.2, 0.25) is 5.91 Å². The number of hydrogen-bond donors (Lipinski definition) is 0. The Morgan fingerprint density at radius 1 is 1.03 bits per heavy atom. The quantitative estimate of drug-likeness (QED) is 0.304. The van der Waals surface area contributed by atoms with Gasteiger partial charge in [0, 0.05) is 15.7 Å². The van der Waals surface area contributed by atoms with E-state index in [1.807, 2.05) is 55.5 Å². The standard InChI is InChI=1S/C24H20BrCl2NO3S/c1-2-30-21-12-16(11-20(25)23(21)31-13-15-3-5-17(26)6-4-15)24-28(22(29)14-32-24)19-9-7-18(27)8-10-19/h3-12,24H,2,13-14H2,1H3/t24-/m0/s1. The molecule has 3 aromatic carbocycles. The van der Waals surface area contributed by atoms with E-state index < -0.39 is 0 Å². The Balaban J connectivity index is 1.63. The van der Waals surface area contributed by atoms with Crippen LogP contribution in [0.25, 0.3) is 0 Å². The molecule has 0 spiro atoms. The molecule has 0 aromatic heterocycles. The minimum atomic E-state index is -0.176. The summed E-state index contributed by atoms with van der Waals surface area (Å²) in [7, 11) is 0. The molecule has 8 heteroatoms. The Hall–Kier alpha value is -1.86. The van der Waals surface area contributed by atoms with Crippen LogP contribution >= 0.6 is 50.9 Å². The number of rotatable bonds is 7. The molecule has 1 saturated heterocycles. The van der Waals surface area contributed by atoms with Gasteiger partial charge in [-0.15, -0.1) is 11.8 Å². The van der Waals surface area contributed by atoms with E-state index in [0.717, 1.165) is 21.3 Å². The first-order valence-corrected chi connectivity index (χ1v) is 12.6. The summed E-state index contributed by atoms with van der Waals surface area (Å²) in [6.45, 7) is 2.80. The molecule has 1 amide bonds. The zero-order valence-corrected chi connectivity index (χ0v) is 21.1. The Bertz CT molecular complexity index is 1110. The highest BCUT2D eigenvalue weighted by Crippen LogP contribution is 2.46. The molecule has 0 aliphatic carbocycles. The van der Waals surface area contributed by atoms with Gasteiger partial charge in [-0.2, -0.15) is 0 Å². The second kappa shape index (κ2) is 10.4. The molecule has 4 nitrogen and oxygen atoms in total. The minimum Gasteiger partial charge on any atom is -0.490 e. The first kappa shape index (κ1) is 23.3. The molecule has 4 rings (SSSR count). The number of nitrogens with zero attached hydrogens (tertiary/aromatic N) is 1. The lowest BCUT2D eigenvalue weighted by molar-refractivity contribution is -0.115. The maximum Gasteiger partial charge on any atom is 0.238 e. The number of ether oxygens (including phenoxy) is 2. The summed E-state index contributed by atoms with van der Waals surface area (Å²) in [5.41, 5.74) is 2.76. The summed E-state index contributed by atoms with van der Waals surface area (Å²) in [5, 5.41) is 1.14. The SMILES string of the molecule is CCOc1cc([C@@H]2SCC(=O)N2c2ccc(Cl)cc2)cc(Br)c1OCc1ccc(Cl)cc1. The zero-order valence-electron chi connectivity index (χ0n) is 17.2. The normalized spacial score (nSPS) is 15.8. The summed E-state index contributed by atoms with van der Waals surface area (Å²) < 4.78 is 12.8. The number of hydrogen-bond acceptors (Lipinski definition) is 4. The van der Waals surface area contributed by atoms with Gasteiger partial charge >= 0.3 is 0 Å². The fraction of sp³-hybridized carbons (Fsp3) is 0.208. The van der Waals surface area contributed by atoms with Crippen molar-refractivity contribution in [3.8, 4) is 11.5 Å². The number of carbonyl (C=O) groups excluding carboxylic acids is 1. The van der Waals surface area contributed by atoms with E-state index in [0.29, 0.717) is 40.5 Å². The zero-order chi connectivity index (χ0) is 22.7. The molecule has 166 valence electrons. The fourth-order valence-electron chi connectivity index (χ4n) is 3.42. The van der Waals surface area contributed by atoms with Gasteiger partial charge in [-0.05, 0) is 82.5 Å². The summed E-state index contributed by atoms with van der Waals surface area (Å²) in [4.78, 5) is 14.5. The van der Waals surface area contributed by atoms with E-state index in [1.165, 1.54) is 0 Å². The average molecular weight is 553 g/mol. The van der Waals surface area contributed by atoms with Gasteiger partial charge in [0.15, 0.2) is 11.5 Å². The molecule has 0 unspecified atom stereocenters. The smallest absolute Gasteiger partial charge is 0.238 e. The molecule has 0 N–H and O–H groups in total. The number of halogens is 3. The van der Waals surface area contributed by atoms with Crippen LogP contribution in [0.3, 0.4) is 0 Å². The molecule has 0 bridgehead atoms. The number of benzene rings is 3. The van der Waals surface area contributed by atoms with Crippen molar-refractivity contribution in [2.24, 2.45) is 0 Å². The van der Waals surface area contributed by atoms with Gasteiger partial charge in [0.25, 0.3) is 0 Å². The highest BCUT2D eigenvalue weighted by atomic mass is 79.9. The van der Waals surface area contributed by atoms with E-state index in [4.69, 9.17) is 32.7 Å². The molecule has 32 heavy (non-hydrogen) atoms. The van der Waals surface area contributed by atoms with Crippen LogP contribution in [0, 0.1) is 0 Å². The Labute approximate surface area is 209 Å². The van der Waals surface area contributed by atoms with Crippen molar-refractivity contribution in [1.29, 1.82) is 0 Å². The summed E-state index contributed by atoms with van der Waals surface area (Å²) in [6.07, 6.45) is 0. The number of amides is 1. The maximum absolute atomic E-state index is 12.7. The molecule has 1 atom stereocenters. The Morgan fingerprint density at radius 3 is 2.34 bits per heavy atom. The first-order chi connectivity index (χ1) is 15.5. The number of carbonyl (C=O) groups is 1. The van der Waals surface area contributed by atoms with E-state index in [9.17, 15) is 4.79 Å². The van der Waals surface area contributed by atoms with E-state index in [2.05, 4.69) is 15.9 Å². The molecule has 1 fully saturated rings. The lowest BCUT2D eigenvalue weighted by Crippen LogP contribution is -2.27. The van der Waals surface area contributed by atoms with Crippen LogP contribution in [-0.4, -0.2) is 18.3 Å². The van der Waals surface area contributed by atoms with Crippen molar-refractivity contribution in [1.82, 2.24) is 0 Å². The van der Waals surface area contributed by atoms with Crippen molar-refractivity contribution in [2.75, 3.05) is 17.3 Å². The molecular formula is C24H20BrCl2NO3S. The summed E-state index contributed by atoms with van der Waals surface area (Å²) >= 11 is 17.2. The highest BCUT2D eigenvalue weighted by molar-refractivity contribution is 9.10. The molecule has 3 aromatic rings. The van der Waals surface area contributed by atoms with Crippen LogP contribution in [0.2, 0.25) is 10.0 Å². The minimum absolute atomic E-state index is 0.0551. The number of anilines is 1. The fourth-order valence-corrected chi connectivity index (χ4v) is 5.40. The largest absolute Gasteiger partial charge is 0.490 e. The monoisotopic (exact) mass is 551 g/mol. The van der Waals surface area contributed by atoms with Gasteiger partial charge in [0.05, 0.1) is 16.8 Å². The van der Waals surface area contributed by atoms with Gasteiger partial charge in [0.1, 0.15) is 12.0 Å². The van der Waals surface area contributed by atoms with Crippen molar-refractivity contribution in [3.63, 3.8) is 0 Å². The van der Waals surface area contributed by atoms with Gasteiger partial charge in [-0.1, -0.05) is 35.3 Å². The topological polar surface area (TPSA) is 38.8 Å². The maximum atomic E-state index is 12.7. The average Bonchev–Trinajstić information content (AvgIpc) is 3.16. The van der Waals surface area contributed by atoms with Crippen LogP contribution in [-0.2, 0) is 11.4 Å². The Kier molecular flexibility index (Phi) is 7.56. The second-order valence-electron chi connectivity index (χ2n) is 7.08. The van der Waals surface area contributed by atoms with Gasteiger partial charge < -0.3 is 9.47 Å². The predicted molar refractivity (Wildman–Crippen MR) is 135 cm³/mol. The van der Waals surface area contributed by atoms with Crippen molar-refractivity contribution in [3.05, 3.63) is 86.3 Å². The Morgan fingerprint density at radius 2 is 1.69 bits per heavy atom. The summed E-state index contributed by atoms with van der Waals surface area (Å²) in [6, 6.07) is 18.8. The van der Waals surface area contributed by atoms with Crippen LogP contribution in [0.4, 0.5) is 5.69 Å². The third-order valence-corrected chi connectivity index (χ3v) is 7.19. The van der Waals surface area contributed by atoms with Gasteiger partial charge in [-0.25, -0.2) is 0 Å². The predicted octanol–water partition coefficient (Wildman–Crippen LogP) is 7.51. The molecule has 1 aliphatic heterocycles. The molecule has 1 heterocycles. The molecule has 1 aliphatic rings. The van der Waals surface area contributed by atoms with E-state index in [1.54, 1.807) is 28.8 Å². The molecule has 0 radical (unpaired) electrons. The van der Waals surface area contributed by atoms with E-state index in [-0.39, 0.29) is 11.3 Å². The molecule has 0 saturated carbocycles. The van der Waals surface area contributed by atoms with E-state index >= 15 is 0 Å². The van der Waals surface area contributed by atoms with Crippen LogP contribution in [0.15, 0.2) is 65.1 Å². The third kappa shape index (κ3) is 5.20. The van der Waals surface area contributed by atoms with Crippen LogP contribution in [0.5, 0.6) is 11.5 Å². The van der Waals surface area contributed by atoms with Crippen LogP contribution in [0.1, 0.15) is 23.4 Å². The first-order valence-electron chi connectivity index (χ1n) is 9.99. The van der Waals surface area contributed by atoms with Gasteiger partial charge in [-0.3, -0.25) is 9.69 Å². The van der Waals surface area contributed by atoms with Crippen molar-refractivity contribution < 1.29 is 14.3 Å². The highest BCUT2D eigenvalue weighted by Gasteiger charge is 2.35. The second-order valence-corrected chi connectivity index (χ2v) is 9.88. The lowest BCUT2D eigenvalue weighted by Gasteiger charge is -2.25. The van der Waals surface area contributed by atoms with Crippen molar-refractivity contribution >= 4 is 62.5 Å². The molecular weight excluding hydrogens is 533 g/mol. The van der Waals surface area contributed by atoms with Crippen molar-refractivity contribution in [2.45, 2.75) is 18.9 Å².